The van der Waals surface area contributed by atoms with Crippen LogP contribution in [0.4, 0.5) is 0 Å². The molecule has 2 rings (SSSR count). The lowest BCUT2D eigenvalue weighted by atomic mass is 10.2. The summed E-state index contributed by atoms with van der Waals surface area (Å²) in [6.07, 6.45) is 2.88. The molecule has 24 heavy (non-hydrogen) atoms. The zero-order chi connectivity index (χ0) is 17.7. The summed E-state index contributed by atoms with van der Waals surface area (Å²) in [7, 11) is -0.748. The molecule has 1 heterocycles. The fraction of sp³-hybridized carbons (Fsp3) is 0.375. The molecule has 1 aromatic heterocycles. The van der Waals surface area contributed by atoms with Gasteiger partial charge in [-0.3, -0.25) is 0 Å². The SMILES string of the molecule is COc1cc(Br)c(S(=O)(=O)N[C@H](C)CCc2ccco2)cc1OC. The van der Waals surface area contributed by atoms with E-state index in [1.165, 1.54) is 20.3 Å². The average Bonchev–Trinajstić information content (AvgIpc) is 3.05. The quantitative estimate of drug-likeness (QED) is 0.712. The van der Waals surface area contributed by atoms with E-state index in [4.69, 9.17) is 13.9 Å². The van der Waals surface area contributed by atoms with E-state index < -0.39 is 10.0 Å². The smallest absolute Gasteiger partial charge is 0.242 e. The maximum absolute atomic E-state index is 12.6. The van der Waals surface area contributed by atoms with Gasteiger partial charge in [0, 0.05) is 23.0 Å². The average molecular weight is 418 g/mol. The van der Waals surface area contributed by atoms with Gasteiger partial charge in [0.15, 0.2) is 11.5 Å². The Labute approximate surface area is 150 Å². The lowest BCUT2D eigenvalue weighted by Gasteiger charge is -2.16. The molecule has 1 atom stereocenters. The van der Waals surface area contributed by atoms with E-state index >= 15 is 0 Å². The summed E-state index contributed by atoms with van der Waals surface area (Å²) < 4.78 is 43.9. The van der Waals surface area contributed by atoms with Crippen LogP contribution >= 0.6 is 15.9 Å². The topological polar surface area (TPSA) is 77.8 Å². The molecule has 0 aliphatic heterocycles. The van der Waals surface area contributed by atoms with Crippen LogP contribution in [0.5, 0.6) is 11.5 Å². The molecule has 0 bridgehead atoms. The highest BCUT2D eigenvalue weighted by Gasteiger charge is 2.23. The van der Waals surface area contributed by atoms with Gasteiger partial charge in [0.05, 0.1) is 20.5 Å². The van der Waals surface area contributed by atoms with Crippen molar-refractivity contribution >= 4 is 26.0 Å². The largest absolute Gasteiger partial charge is 0.493 e. The Morgan fingerprint density at radius 3 is 2.50 bits per heavy atom. The standard InChI is InChI=1S/C16H20BrNO5S/c1-11(6-7-12-5-4-8-23-12)18-24(19,20)16-10-15(22-3)14(21-2)9-13(16)17/h4-5,8-11,18H,6-7H2,1-3H3/t11-/m1/s1. The van der Waals surface area contributed by atoms with Gasteiger partial charge in [-0.2, -0.15) is 0 Å². The van der Waals surface area contributed by atoms with Gasteiger partial charge in [0.1, 0.15) is 10.7 Å². The summed E-state index contributed by atoms with van der Waals surface area (Å²) in [6.45, 7) is 1.81. The van der Waals surface area contributed by atoms with Crippen LogP contribution in [0.15, 0.2) is 44.3 Å². The molecule has 0 unspecified atom stereocenters. The van der Waals surface area contributed by atoms with Crippen LogP contribution in [0.1, 0.15) is 19.1 Å². The Bertz CT molecular complexity index is 774. The number of ether oxygens (including phenoxy) is 2. The van der Waals surface area contributed by atoms with Crippen molar-refractivity contribution in [2.75, 3.05) is 14.2 Å². The number of hydrogen-bond donors (Lipinski definition) is 1. The molecule has 0 aliphatic rings. The third-order valence-electron chi connectivity index (χ3n) is 3.49. The number of nitrogens with one attached hydrogen (secondary N) is 1. The van der Waals surface area contributed by atoms with Crippen molar-refractivity contribution in [1.82, 2.24) is 4.72 Å². The zero-order valence-electron chi connectivity index (χ0n) is 13.7. The van der Waals surface area contributed by atoms with E-state index in [-0.39, 0.29) is 10.9 Å². The molecule has 0 saturated heterocycles. The molecule has 1 N–H and O–H groups in total. The van der Waals surface area contributed by atoms with Crippen molar-refractivity contribution in [2.24, 2.45) is 0 Å². The second kappa shape index (κ2) is 8.04. The molecule has 0 fully saturated rings. The van der Waals surface area contributed by atoms with Gasteiger partial charge >= 0.3 is 0 Å². The van der Waals surface area contributed by atoms with Gasteiger partial charge in [-0.15, -0.1) is 0 Å². The van der Waals surface area contributed by atoms with Gasteiger partial charge < -0.3 is 13.9 Å². The minimum absolute atomic E-state index is 0.102. The van der Waals surface area contributed by atoms with E-state index in [9.17, 15) is 8.42 Å². The van der Waals surface area contributed by atoms with E-state index in [1.807, 2.05) is 19.1 Å². The van der Waals surface area contributed by atoms with Crippen molar-refractivity contribution in [2.45, 2.75) is 30.7 Å². The lowest BCUT2D eigenvalue weighted by Crippen LogP contribution is -2.33. The number of aryl methyl sites for hydroxylation is 1. The first-order valence-electron chi connectivity index (χ1n) is 7.33. The number of furan rings is 1. The molecule has 0 amide bonds. The molecule has 0 radical (unpaired) electrons. The first-order chi connectivity index (χ1) is 11.4. The summed E-state index contributed by atoms with van der Waals surface area (Å²) in [4.78, 5) is 0.102. The second-order valence-corrected chi connectivity index (χ2v) is 7.81. The Morgan fingerprint density at radius 1 is 1.25 bits per heavy atom. The molecule has 0 aliphatic carbocycles. The van der Waals surface area contributed by atoms with Crippen molar-refractivity contribution < 1.29 is 22.3 Å². The van der Waals surface area contributed by atoms with Crippen LogP contribution in [0, 0.1) is 0 Å². The van der Waals surface area contributed by atoms with Crippen LogP contribution < -0.4 is 14.2 Å². The maximum atomic E-state index is 12.6. The van der Waals surface area contributed by atoms with E-state index in [1.54, 1.807) is 12.3 Å². The van der Waals surface area contributed by atoms with Gasteiger partial charge in [0.2, 0.25) is 10.0 Å². The van der Waals surface area contributed by atoms with Crippen LogP contribution in [0.2, 0.25) is 0 Å². The maximum Gasteiger partial charge on any atom is 0.242 e. The van der Waals surface area contributed by atoms with Crippen molar-refractivity contribution in [3.8, 4) is 11.5 Å². The van der Waals surface area contributed by atoms with E-state index in [2.05, 4.69) is 20.7 Å². The van der Waals surface area contributed by atoms with Crippen LogP contribution in [0.3, 0.4) is 0 Å². The highest BCUT2D eigenvalue weighted by atomic mass is 79.9. The molecule has 6 nitrogen and oxygen atoms in total. The van der Waals surface area contributed by atoms with Gasteiger partial charge in [-0.1, -0.05) is 0 Å². The normalized spacial score (nSPS) is 12.8. The number of halogens is 1. The van der Waals surface area contributed by atoms with Gasteiger partial charge in [-0.05, 0) is 47.5 Å². The molecular formula is C16H20BrNO5S. The Kier molecular flexibility index (Phi) is 6.31. The molecule has 0 spiro atoms. The molecule has 132 valence electrons. The predicted molar refractivity (Wildman–Crippen MR) is 94.1 cm³/mol. The van der Waals surface area contributed by atoms with Gasteiger partial charge in [-0.25, -0.2) is 13.1 Å². The molecule has 1 aromatic carbocycles. The third kappa shape index (κ3) is 4.52. The van der Waals surface area contributed by atoms with Gasteiger partial charge in [0.25, 0.3) is 0 Å². The van der Waals surface area contributed by atoms with Crippen molar-refractivity contribution in [1.29, 1.82) is 0 Å². The van der Waals surface area contributed by atoms with Crippen LogP contribution in [0.25, 0.3) is 0 Å². The summed E-state index contributed by atoms with van der Waals surface area (Å²) in [5.74, 6) is 1.63. The zero-order valence-corrected chi connectivity index (χ0v) is 16.1. The number of benzene rings is 1. The number of sulfonamides is 1. The van der Waals surface area contributed by atoms with E-state index in [0.717, 1.165) is 5.76 Å². The Balaban J connectivity index is 2.14. The fourth-order valence-corrected chi connectivity index (χ4v) is 4.56. The van der Waals surface area contributed by atoms with Crippen molar-refractivity contribution in [3.63, 3.8) is 0 Å². The minimum atomic E-state index is -3.70. The first-order valence-corrected chi connectivity index (χ1v) is 9.61. The summed E-state index contributed by atoms with van der Waals surface area (Å²) in [6, 6.07) is 6.43. The Morgan fingerprint density at radius 2 is 1.92 bits per heavy atom. The van der Waals surface area contributed by atoms with Crippen LogP contribution in [-0.4, -0.2) is 28.7 Å². The highest BCUT2D eigenvalue weighted by Crippen LogP contribution is 2.35. The minimum Gasteiger partial charge on any atom is -0.493 e. The molecule has 2 aromatic rings. The predicted octanol–water partition coefficient (Wildman–Crippen LogP) is 3.36. The highest BCUT2D eigenvalue weighted by molar-refractivity contribution is 9.10. The molecular weight excluding hydrogens is 398 g/mol. The second-order valence-electron chi connectivity index (χ2n) is 5.28. The first kappa shape index (κ1) is 18.8. The third-order valence-corrected chi connectivity index (χ3v) is 6.04. The lowest BCUT2D eigenvalue weighted by molar-refractivity contribution is 0.353. The summed E-state index contributed by atoms with van der Waals surface area (Å²) in [5.41, 5.74) is 0. The monoisotopic (exact) mass is 417 g/mol. The molecule has 0 saturated carbocycles. The fourth-order valence-electron chi connectivity index (χ4n) is 2.24. The number of hydrogen-bond acceptors (Lipinski definition) is 5. The van der Waals surface area contributed by atoms with Crippen LogP contribution in [-0.2, 0) is 16.4 Å². The Hall–Kier alpha value is -1.51. The number of rotatable bonds is 8. The summed E-state index contributed by atoms with van der Waals surface area (Å²) in [5, 5.41) is 0. The van der Waals surface area contributed by atoms with Crippen molar-refractivity contribution in [3.05, 3.63) is 40.8 Å². The molecule has 8 heteroatoms. The number of methoxy groups -OCH3 is 2. The summed E-state index contributed by atoms with van der Waals surface area (Å²) >= 11 is 3.28. The van der Waals surface area contributed by atoms with E-state index in [0.29, 0.717) is 28.8 Å².